The molecule has 2 N–H and O–H groups in total. The van der Waals surface area contributed by atoms with Crippen molar-refractivity contribution in [2.45, 2.75) is 13.3 Å². The summed E-state index contributed by atoms with van der Waals surface area (Å²) < 4.78 is 10.6. The normalized spacial score (nSPS) is 10.2. The van der Waals surface area contributed by atoms with Gasteiger partial charge in [0.2, 0.25) is 5.95 Å². The SMILES string of the molecule is CCc1ccccc1NC(=O)c1ccnc(Nc2cc(OC)ccc2OC)n1. The van der Waals surface area contributed by atoms with Gasteiger partial charge in [-0.05, 0) is 36.2 Å². The molecule has 1 aromatic heterocycles. The third-order valence-electron chi connectivity index (χ3n) is 4.19. The summed E-state index contributed by atoms with van der Waals surface area (Å²) in [6, 6.07) is 14.6. The number of hydrogen-bond acceptors (Lipinski definition) is 6. The van der Waals surface area contributed by atoms with Gasteiger partial charge in [0, 0.05) is 18.0 Å². The molecule has 0 aliphatic heterocycles. The highest BCUT2D eigenvalue weighted by Gasteiger charge is 2.12. The van der Waals surface area contributed by atoms with Crippen molar-refractivity contribution >= 4 is 23.2 Å². The Kier molecular flexibility index (Phi) is 6.06. The Hall–Kier alpha value is -3.61. The second-order valence-corrected chi connectivity index (χ2v) is 5.92. The van der Waals surface area contributed by atoms with Gasteiger partial charge in [-0.25, -0.2) is 9.97 Å². The van der Waals surface area contributed by atoms with Crippen LogP contribution in [0.5, 0.6) is 11.5 Å². The minimum atomic E-state index is -0.302. The van der Waals surface area contributed by atoms with E-state index in [4.69, 9.17) is 9.47 Å². The van der Waals surface area contributed by atoms with Gasteiger partial charge in [-0.1, -0.05) is 25.1 Å². The molecule has 3 rings (SSSR count). The zero-order valence-corrected chi connectivity index (χ0v) is 16.0. The number of anilines is 3. The summed E-state index contributed by atoms with van der Waals surface area (Å²) in [4.78, 5) is 21.1. The van der Waals surface area contributed by atoms with Crippen molar-refractivity contribution in [2.75, 3.05) is 24.9 Å². The highest BCUT2D eigenvalue weighted by molar-refractivity contribution is 6.03. The summed E-state index contributed by atoms with van der Waals surface area (Å²) in [5.74, 6) is 1.25. The van der Waals surface area contributed by atoms with Crippen LogP contribution in [0.2, 0.25) is 0 Å². The lowest BCUT2D eigenvalue weighted by Gasteiger charge is -2.12. The number of hydrogen-bond donors (Lipinski definition) is 2. The molecule has 1 heterocycles. The molecular formula is C21H22N4O3. The lowest BCUT2D eigenvalue weighted by atomic mass is 10.1. The Morgan fingerprint density at radius 3 is 2.61 bits per heavy atom. The molecule has 0 unspecified atom stereocenters. The number of nitrogens with zero attached hydrogens (tertiary/aromatic N) is 2. The van der Waals surface area contributed by atoms with Crippen LogP contribution in [0.4, 0.5) is 17.3 Å². The summed E-state index contributed by atoms with van der Waals surface area (Å²) in [5.41, 5.74) is 2.72. The highest BCUT2D eigenvalue weighted by atomic mass is 16.5. The van der Waals surface area contributed by atoms with E-state index in [1.54, 1.807) is 38.5 Å². The fourth-order valence-corrected chi connectivity index (χ4v) is 2.71. The van der Waals surface area contributed by atoms with Gasteiger partial charge in [0.25, 0.3) is 5.91 Å². The third-order valence-corrected chi connectivity index (χ3v) is 4.19. The molecule has 0 atom stereocenters. The highest BCUT2D eigenvalue weighted by Crippen LogP contribution is 2.30. The van der Waals surface area contributed by atoms with E-state index in [1.165, 1.54) is 6.20 Å². The Balaban J connectivity index is 1.82. The number of aromatic nitrogens is 2. The largest absolute Gasteiger partial charge is 0.497 e. The molecule has 0 radical (unpaired) electrons. The Morgan fingerprint density at radius 1 is 1.04 bits per heavy atom. The molecule has 7 nitrogen and oxygen atoms in total. The average molecular weight is 378 g/mol. The van der Waals surface area contributed by atoms with Crippen molar-refractivity contribution in [3.8, 4) is 11.5 Å². The molecule has 0 aliphatic carbocycles. The first kappa shape index (κ1) is 19.2. The van der Waals surface area contributed by atoms with Gasteiger partial charge in [-0.2, -0.15) is 0 Å². The van der Waals surface area contributed by atoms with Crippen LogP contribution in [0.15, 0.2) is 54.7 Å². The van der Waals surface area contributed by atoms with E-state index in [0.29, 0.717) is 17.2 Å². The molecule has 3 aromatic rings. The van der Waals surface area contributed by atoms with E-state index < -0.39 is 0 Å². The smallest absolute Gasteiger partial charge is 0.274 e. The molecule has 0 saturated heterocycles. The molecule has 0 fully saturated rings. The number of rotatable bonds is 7. The minimum absolute atomic E-state index is 0.255. The number of benzene rings is 2. The van der Waals surface area contributed by atoms with E-state index in [9.17, 15) is 4.79 Å². The molecule has 7 heteroatoms. The fraction of sp³-hybridized carbons (Fsp3) is 0.190. The quantitative estimate of drug-likeness (QED) is 0.645. The van der Waals surface area contributed by atoms with E-state index in [1.807, 2.05) is 31.2 Å². The molecule has 2 aromatic carbocycles. The molecule has 28 heavy (non-hydrogen) atoms. The second kappa shape index (κ2) is 8.85. The van der Waals surface area contributed by atoms with Crippen molar-refractivity contribution in [2.24, 2.45) is 0 Å². The number of methoxy groups -OCH3 is 2. The van der Waals surface area contributed by atoms with Gasteiger partial charge < -0.3 is 20.1 Å². The molecule has 0 spiro atoms. The molecule has 0 aliphatic rings. The van der Waals surface area contributed by atoms with E-state index >= 15 is 0 Å². The van der Waals surface area contributed by atoms with E-state index in [2.05, 4.69) is 20.6 Å². The van der Waals surface area contributed by atoms with Crippen LogP contribution >= 0.6 is 0 Å². The van der Waals surface area contributed by atoms with Crippen LogP contribution in [0.1, 0.15) is 23.0 Å². The van der Waals surface area contributed by atoms with Crippen molar-refractivity contribution in [3.63, 3.8) is 0 Å². The number of amides is 1. The van der Waals surface area contributed by atoms with Gasteiger partial charge in [0.05, 0.1) is 19.9 Å². The average Bonchev–Trinajstić information content (AvgIpc) is 2.74. The number of nitrogens with one attached hydrogen (secondary N) is 2. The monoisotopic (exact) mass is 378 g/mol. The molecule has 0 saturated carbocycles. The molecule has 1 amide bonds. The number of aryl methyl sites for hydroxylation is 1. The standard InChI is InChI=1S/C21H22N4O3/c1-4-14-7-5-6-8-16(14)23-20(26)17-11-12-22-21(24-17)25-18-13-15(27-2)9-10-19(18)28-3/h5-13H,4H2,1-3H3,(H,23,26)(H,22,24,25). The number of carbonyl (C=O) groups excluding carboxylic acids is 1. The summed E-state index contributed by atoms with van der Waals surface area (Å²) in [6.45, 7) is 2.04. The van der Waals surface area contributed by atoms with E-state index in [0.717, 1.165) is 17.7 Å². The molecule has 0 bridgehead atoms. The van der Waals surface area contributed by atoms with Crippen molar-refractivity contribution in [1.29, 1.82) is 0 Å². The lowest BCUT2D eigenvalue weighted by Crippen LogP contribution is -2.15. The topological polar surface area (TPSA) is 85.4 Å². The van der Waals surface area contributed by atoms with Gasteiger partial charge in [-0.3, -0.25) is 4.79 Å². The predicted molar refractivity (Wildman–Crippen MR) is 109 cm³/mol. The van der Waals surface area contributed by atoms with Crippen LogP contribution in [-0.4, -0.2) is 30.1 Å². The van der Waals surface area contributed by atoms with Gasteiger partial charge in [0.15, 0.2) is 0 Å². The Labute approximate surface area is 163 Å². The Morgan fingerprint density at radius 2 is 1.86 bits per heavy atom. The van der Waals surface area contributed by atoms with Crippen molar-refractivity contribution in [1.82, 2.24) is 9.97 Å². The maximum Gasteiger partial charge on any atom is 0.274 e. The number of ether oxygens (including phenoxy) is 2. The van der Waals surface area contributed by atoms with Crippen LogP contribution in [0, 0.1) is 0 Å². The third kappa shape index (κ3) is 4.37. The van der Waals surface area contributed by atoms with Gasteiger partial charge >= 0.3 is 0 Å². The zero-order chi connectivity index (χ0) is 19.9. The predicted octanol–water partition coefficient (Wildman–Crippen LogP) is 4.05. The summed E-state index contributed by atoms with van der Waals surface area (Å²) in [5, 5.41) is 5.98. The van der Waals surface area contributed by atoms with Crippen LogP contribution < -0.4 is 20.1 Å². The molecular weight excluding hydrogens is 356 g/mol. The fourth-order valence-electron chi connectivity index (χ4n) is 2.71. The van der Waals surface area contributed by atoms with Crippen LogP contribution in [-0.2, 0) is 6.42 Å². The van der Waals surface area contributed by atoms with Crippen molar-refractivity contribution in [3.05, 3.63) is 66.0 Å². The van der Waals surface area contributed by atoms with Crippen LogP contribution in [0.3, 0.4) is 0 Å². The maximum absolute atomic E-state index is 12.6. The number of carbonyl (C=O) groups is 1. The zero-order valence-electron chi connectivity index (χ0n) is 16.0. The minimum Gasteiger partial charge on any atom is -0.497 e. The Bertz CT molecular complexity index is 975. The summed E-state index contributed by atoms with van der Waals surface area (Å²) in [7, 11) is 3.16. The van der Waals surface area contributed by atoms with Crippen LogP contribution in [0.25, 0.3) is 0 Å². The molecule has 144 valence electrons. The summed E-state index contributed by atoms with van der Waals surface area (Å²) >= 11 is 0. The van der Waals surface area contributed by atoms with Gasteiger partial charge in [-0.15, -0.1) is 0 Å². The first-order valence-corrected chi connectivity index (χ1v) is 8.86. The first-order chi connectivity index (χ1) is 13.6. The number of para-hydroxylation sites is 1. The van der Waals surface area contributed by atoms with Gasteiger partial charge in [0.1, 0.15) is 17.2 Å². The first-order valence-electron chi connectivity index (χ1n) is 8.86. The maximum atomic E-state index is 12.6. The lowest BCUT2D eigenvalue weighted by molar-refractivity contribution is 0.102. The second-order valence-electron chi connectivity index (χ2n) is 5.92. The van der Waals surface area contributed by atoms with E-state index in [-0.39, 0.29) is 17.5 Å². The van der Waals surface area contributed by atoms with Crippen molar-refractivity contribution < 1.29 is 14.3 Å². The summed E-state index contributed by atoms with van der Waals surface area (Å²) in [6.07, 6.45) is 2.35.